The first kappa shape index (κ1) is 20.9. The molecule has 0 saturated heterocycles. The van der Waals surface area contributed by atoms with Gasteiger partial charge in [0.15, 0.2) is 11.5 Å². The second kappa shape index (κ2) is 10.1. The van der Waals surface area contributed by atoms with Crippen molar-refractivity contribution in [1.29, 1.82) is 0 Å². The van der Waals surface area contributed by atoms with Crippen molar-refractivity contribution in [3.63, 3.8) is 0 Å². The summed E-state index contributed by atoms with van der Waals surface area (Å²) in [5.41, 5.74) is -0.0830. The Morgan fingerprint density at radius 2 is 1.79 bits per heavy atom. The van der Waals surface area contributed by atoms with E-state index < -0.39 is 30.4 Å². The number of fused-ring (bicyclic) bond motifs is 1. The fourth-order valence-corrected chi connectivity index (χ4v) is 2.11. The summed E-state index contributed by atoms with van der Waals surface area (Å²) in [4.78, 5) is 16.0. The van der Waals surface area contributed by atoms with Crippen molar-refractivity contribution in [2.75, 3.05) is 0 Å². The van der Waals surface area contributed by atoms with Crippen molar-refractivity contribution in [3.8, 4) is 0 Å². The van der Waals surface area contributed by atoms with Crippen molar-refractivity contribution in [1.82, 2.24) is 4.98 Å². The zero-order valence-electron chi connectivity index (χ0n) is 14.4. The smallest absolute Gasteiger partial charge is 0.387 e. The fourth-order valence-electron chi connectivity index (χ4n) is 2.11. The van der Waals surface area contributed by atoms with Crippen LogP contribution in [0.2, 0.25) is 0 Å². The summed E-state index contributed by atoms with van der Waals surface area (Å²) in [7, 11) is 0. The van der Waals surface area contributed by atoms with Gasteiger partial charge < -0.3 is 13.9 Å². The molecule has 0 bridgehead atoms. The second-order valence-electron chi connectivity index (χ2n) is 5.09. The molecule has 148 valence electrons. The minimum Gasteiger partial charge on any atom is -0.431 e. The normalized spacial score (nSPS) is 12.9. The quantitative estimate of drug-likeness (QED) is 0.338. The average Bonchev–Trinajstić information content (AvgIpc) is 2.64. The van der Waals surface area contributed by atoms with Gasteiger partial charge in [-0.3, -0.25) is 0 Å². The van der Waals surface area contributed by atoms with Crippen molar-refractivity contribution in [2.45, 2.75) is 19.6 Å². The maximum atomic E-state index is 12.4. The second-order valence-corrected chi connectivity index (χ2v) is 5.09. The number of benzene rings is 1. The number of hydrogen-bond acceptors (Lipinski definition) is 5. The van der Waals surface area contributed by atoms with E-state index in [9.17, 15) is 22.4 Å². The summed E-state index contributed by atoms with van der Waals surface area (Å²) in [6.07, 6.45) is 6.34. The van der Waals surface area contributed by atoms with E-state index >= 15 is 0 Å². The molecule has 5 nitrogen and oxygen atoms in total. The Labute approximate surface area is 156 Å². The van der Waals surface area contributed by atoms with Crippen LogP contribution in [-0.4, -0.2) is 18.2 Å². The van der Waals surface area contributed by atoms with Gasteiger partial charge in [0.25, 0.3) is 0 Å². The predicted octanol–water partition coefficient (Wildman–Crippen LogP) is 5.02. The molecule has 0 aliphatic rings. The van der Waals surface area contributed by atoms with Crippen LogP contribution >= 0.6 is 0 Å². The molecule has 0 spiro atoms. The minimum atomic E-state index is -3.23. The number of ether oxygens (including phenoxy) is 2. The standard InChI is InChI=1S/C19H15F4NO4/c1-2-14(26-18(20)21)15(27-19(22)23)10-4-3-5-11-16-24-13-9-7-6-8-12(13)17(25)28-16/h2,4-11,18-19H,1,3H2/b10-4-,11-5+,15-14-. The Balaban J connectivity index is 2.12. The van der Waals surface area contributed by atoms with E-state index in [1.165, 1.54) is 18.2 Å². The van der Waals surface area contributed by atoms with Crippen LogP contribution in [0.25, 0.3) is 17.0 Å². The van der Waals surface area contributed by atoms with Crippen molar-refractivity contribution in [3.05, 3.63) is 83.0 Å². The Morgan fingerprint density at radius 3 is 2.46 bits per heavy atom. The lowest BCUT2D eigenvalue weighted by molar-refractivity contribution is -0.116. The van der Waals surface area contributed by atoms with Crippen LogP contribution in [0.4, 0.5) is 17.6 Å². The third-order valence-electron chi connectivity index (χ3n) is 3.21. The van der Waals surface area contributed by atoms with Gasteiger partial charge in [-0.1, -0.05) is 30.9 Å². The van der Waals surface area contributed by atoms with Gasteiger partial charge in [0.1, 0.15) is 0 Å². The molecule has 0 saturated carbocycles. The minimum absolute atomic E-state index is 0.0597. The number of rotatable bonds is 9. The van der Waals surface area contributed by atoms with Crippen LogP contribution < -0.4 is 5.63 Å². The SMILES string of the molecule is C=C/C(OC(F)F)=C(\C=C/C/C=C/c1nc2ccccc2c(=O)o1)OC(F)F. The van der Waals surface area contributed by atoms with Gasteiger partial charge in [0.2, 0.25) is 5.89 Å². The number of allylic oxidation sites excluding steroid dienone is 4. The topological polar surface area (TPSA) is 61.6 Å². The van der Waals surface area contributed by atoms with Gasteiger partial charge in [-0.25, -0.2) is 9.78 Å². The van der Waals surface area contributed by atoms with Gasteiger partial charge in [-0.15, -0.1) is 0 Å². The number of alkyl halides is 4. The first-order chi connectivity index (χ1) is 13.4. The van der Waals surface area contributed by atoms with Crippen LogP contribution in [0, 0.1) is 0 Å². The predicted molar refractivity (Wildman–Crippen MR) is 94.5 cm³/mol. The number of halogens is 4. The first-order valence-corrected chi connectivity index (χ1v) is 7.90. The molecule has 9 heteroatoms. The fraction of sp³-hybridized carbons (Fsp3) is 0.158. The maximum absolute atomic E-state index is 12.4. The van der Waals surface area contributed by atoms with Crippen LogP contribution in [-0.2, 0) is 9.47 Å². The van der Waals surface area contributed by atoms with E-state index in [-0.39, 0.29) is 12.3 Å². The molecular weight excluding hydrogens is 382 g/mol. The lowest BCUT2D eigenvalue weighted by Gasteiger charge is -2.11. The molecule has 0 atom stereocenters. The van der Waals surface area contributed by atoms with Gasteiger partial charge in [0.05, 0.1) is 10.9 Å². The Bertz CT molecular complexity index is 964. The molecule has 0 unspecified atom stereocenters. The summed E-state index contributed by atoms with van der Waals surface area (Å²) in [5.74, 6) is -1.17. The van der Waals surface area contributed by atoms with E-state index in [0.29, 0.717) is 10.9 Å². The monoisotopic (exact) mass is 397 g/mol. The van der Waals surface area contributed by atoms with Gasteiger partial charge in [-0.2, -0.15) is 17.6 Å². The molecule has 0 aliphatic heterocycles. The molecule has 1 aromatic carbocycles. The lowest BCUT2D eigenvalue weighted by Crippen LogP contribution is -2.05. The van der Waals surface area contributed by atoms with Gasteiger partial charge in [0, 0.05) is 0 Å². The number of hydrogen-bond donors (Lipinski definition) is 0. The highest BCUT2D eigenvalue weighted by Gasteiger charge is 2.14. The summed E-state index contributed by atoms with van der Waals surface area (Å²) in [6.45, 7) is -3.24. The lowest BCUT2D eigenvalue weighted by atomic mass is 10.2. The van der Waals surface area contributed by atoms with E-state index in [1.807, 2.05) is 0 Å². The van der Waals surface area contributed by atoms with Crippen LogP contribution in [0.3, 0.4) is 0 Å². The Morgan fingerprint density at radius 1 is 1.11 bits per heavy atom. The zero-order valence-corrected chi connectivity index (χ0v) is 14.4. The largest absolute Gasteiger partial charge is 0.431 e. The highest BCUT2D eigenvalue weighted by molar-refractivity contribution is 5.77. The molecule has 0 fully saturated rings. The Kier molecular flexibility index (Phi) is 7.55. The highest BCUT2D eigenvalue weighted by Crippen LogP contribution is 2.18. The van der Waals surface area contributed by atoms with E-state index in [4.69, 9.17) is 4.42 Å². The van der Waals surface area contributed by atoms with E-state index in [0.717, 1.165) is 12.2 Å². The molecule has 28 heavy (non-hydrogen) atoms. The van der Waals surface area contributed by atoms with Crippen molar-refractivity contribution in [2.24, 2.45) is 0 Å². The van der Waals surface area contributed by atoms with Crippen molar-refractivity contribution >= 4 is 17.0 Å². The van der Waals surface area contributed by atoms with Crippen LogP contribution in [0.15, 0.2) is 75.9 Å². The summed E-state index contributed by atoms with van der Waals surface area (Å²) < 4.78 is 62.8. The summed E-state index contributed by atoms with van der Waals surface area (Å²) in [5, 5.41) is 0.342. The Hall–Kier alpha value is -3.36. The van der Waals surface area contributed by atoms with Crippen LogP contribution in [0.1, 0.15) is 12.3 Å². The van der Waals surface area contributed by atoms with Gasteiger partial charge in [-0.05, 0) is 36.8 Å². The van der Waals surface area contributed by atoms with Gasteiger partial charge >= 0.3 is 18.8 Å². The molecule has 0 amide bonds. The summed E-state index contributed by atoms with van der Waals surface area (Å²) in [6, 6.07) is 6.64. The van der Waals surface area contributed by atoms with Crippen molar-refractivity contribution < 1.29 is 31.5 Å². The molecule has 2 rings (SSSR count). The third kappa shape index (κ3) is 6.11. The van der Waals surface area contributed by atoms with E-state index in [2.05, 4.69) is 21.0 Å². The molecule has 0 aliphatic carbocycles. The molecule has 2 aromatic rings. The van der Waals surface area contributed by atoms with E-state index in [1.54, 1.807) is 24.3 Å². The number of para-hydroxylation sites is 1. The molecular formula is C19H15F4NO4. The molecule has 1 aromatic heterocycles. The highest BCUT2D eigenvalue weighted by atomic mass is 19.3. The number of aromatic nitrogens is 1. The number of nitrogens with zero attached hydrogens (tertiary/aromatic N) is 1. The zero-order chi connectivity index (χ0) is 20.5. The third-order valence-corrected chi connectivity index (χ3v) is 3.21. The summed E-state index contributed by atoms with van der Waals surface area (Å²) >= 11 is 0. The average molecular weight is 397 g/mol. The first-order valence-electron chi connectivity index (χ1n) is 7.90. The molecule has 1 heterocycles. The molecule has 0 N–H and O–H groups in total. The molecule has 0 radical (unpaired) electrons. The maximum Gasteiger partial charge on any atom is 0.387 e. The van der Waals surface area contributed by atoms with Crippen LogP contribution in [0.5, 0.6) is 0 Å².